The van der Waals surface area contributed by atoms with Crippen molar-refractivity contribution >= 4 is 22.9 Å². The maximum absolute atomic E-state index is 12.7. The quantitative estimate of drug-likeness (QED) is 0.677. The minimum absolute atomic E-state index is 0.0755. The van der Waals surface area contributed by atoms with Crippen molar-refractivity contribution in [1.29, 1.82) is 0 Å². The van der Waals surface area contributed by atoms with Crippen molar-refractivity contribution < 1.29 is 4.79 Å². The van der Waals surface area contributed by atoms with Crippen LogP contribution in [0.5, 0.6) is 0 Å². The van der Waals surface area contributed by atoms with Crippen LogP contribution in [-0.2, 0) is 0 Å². The zero-order valence-electron chi connectivity index (χ0n) is 14.9. The topological polar surface area (TPSA) is 46.4 Å². The lowest BCUT2D eigenvalue weighted by atomic mass is 9.92. The van der Waals surface area contributed by atoms with Crippen LogP contribution in [-0.4, -0.2) is 15.2 Å². The molecule has 1 aliphatic rings. The third-order valence-electron chi connectivity index (χ3n) is 4.71. The lowest BCUT2D eigenvalue weighted by molar-refractivity contribution is 0.0945. The van der Waals surface area contributed by atoms with Crippen LogP contribution >= 0.6 is 0 Å². The summed E-state index contributed by atoms with van der Waals surface area (Å²) in [7, 11) is 0. The summed E-state index contributed by atoms with van der Waals surface area (Å²) in [6.07, 6.45) is 12.5. The van der Waals surface area contributed by atoms with E-state index in [-0.39, 0.29) is 11.7 Å². The van der Waals surface area contributed by atoms with Gasteiger partial charge in [-0.15, -0.1) is 0 Å². The molecular formula is C22H21N3O. The number of anilines is 2. The van der Waals surface area contributed by atoms with Crippen molar-refractivity contribution in [3.05, 3.63) is 83.7 Å². The number of aromatic nitrogens is 2. The summed E-state index contributed by atoms with van der Waals surface area (Å²) in [4.78, 5) is 17.3. The van der Waals surface area contributed by atoms with E-state index in [0.29, 0.717) is 5.56 Å². The molecule has 3 aromatic rings. The van der Waals surface area contributed by atoms with Gasteiger partial charge in [-0.1, -0.05) is 36.4 Å². The van der Waals surface area contributed by atoms with E-state index in [9.17, 15) is 4.79 Å². The summed E-state index contributed by atoms with van der Waals surface area (Å²) in [5.74, 6) is 0.836. The number of Topliss-reactive ketones (excluding diaryl/α,β-unsaturated/α-hetero) is 1. The van der Waals surface area contributed by atoms with Crippen molar-refractivity contribution in [2.75, 3.05) is 5.32 Å². The Balaban J connectivity index is 1.61. The third-order valence-corrected chi connectivity index (χ3v) is 4.71. The lowest BCUT2D eigenvalue weighted by Gasteiger charge is -2.11. The summed E-state index contributed by atoms with van der Waals surface area (Å²) in [5, 5.41) is 3.38. The van der Waals surface area contributed by atoms with Gasteiger partial charge in [0.1, 0.15) is 11.5 Å². The van der Waals surface area contributed by atoms with Gasteiger partial charge in [-0.2, -0.15) is 0 Å². The van der Waals surface area contributed by atoms with Crippen molar-refractivity contribution in [3.8, 4) is 0 Å². The Labute approximate surface area is 152 Å². The predicted molar refractivity (Wildman–Crippen MR) is 105 cm³/mol. The Morgan fingerprint density at radius 2 is 2.04 bits per heavy atom. The summed E-state index contributed by atoms with van der Waals surface area (Å²) in [5.41, 5.74) is 4.93. The summed E-state index contributed by atoms with van der Waals surface area (Å²) >= 11 is 0. The number of imidazole rings is 1. The fourth-order valence-corrected chi connectivity index (χ4v) is 3.20. The molecule has 26 heavy (non-hydrogen) atoms. The van der Waals surface area contributed by atoms with Crippen molar-refractivity contribution in [1.82, 2.24) is 9.38 Å². The van der Waals surface area contributed by atoms with Gasteiger partial charge >= 0.3 is 0 Å². The standard InChI is InChI=1S/C22H21N3O/c1-15-8-9-16(2)19(12-15)23-20-14-25-13-18(10-11-21(25)24-20)22(26)17-6-4-3-5-7-17/h3-6,8-14,17,23H,7H2,1-2H3. The molecule has 1 aliphatic carbocycles. The number of allylic oxidation sites excluding steroid dienone is 4. The lowest BCUT2D eigenvalue weighted by Crippen LogP contribution is -2.13. The number of benzene rings is 1. The number of carbonyl (C=O) groups excluding carboxylic acids is 1. The van der Waals surface area contributed by atoms with E-state index < -0.39 is 0 Å². The number of ketones is 1. The molecule has 2 aromatic heterocycles. The molecule has 4 rings (SSSR count). The first-order valence-corrected chi connectivity index (χ1v) is 8.81. The average Bonchev–Trinajstić information content (AvgIpc) is 3.06. The number of pyridine rings is 1. The van der Waals surface area contributed by atoms with Crippen molar-refractivity contribution in [2.24, 2.45) is 5.92 Å². The maximum atomic E-state index is 12.7. The SMILES string of the molecule is Cc1ccc(C)c(Nc2cn3cc(C(=O)C4C=CC=CC4)ccc3n2)c1. The Hall–Kier alpha value is -3.14. The molecule has 130 valence electrons. The van der Waals surface area contributed by atoms with Gasteiger partial charge in [0, 0.05) is 23.4 Å². The van der Waals surface area contributed by atoms with Crippen LogP contribution in [0.25, 0.3) is 5.65 Å². The zero-order chi connectivity index (χ0) is 18.1. The van der Waals surface area contributed by atoms with Crippen LogP contribution in [0.3, 0.4) is 0 Å². The monoisotopic (exact) mass is 343 g/mol. The summed E-state index contributed by atoms with van der Waals surface area (Å²) < 4.78 is 1.91. The zero-order valence-corrected chi connectivity index (χ0v) is 14.9. The van der Waals surface area contributed by atoms with Gasteiger partial charge in [-0.25, -0.2) is 4.98 Å². The number of carbonyl (C=O) groups is 1. The van der Waals surface area contributed by atoms with Crippen LogP contribution in [0, 0.1) is 19.8 Å². The minimum Gasteiger partial charge on any atom is -0.339 e. The Bertz CT molecular complexity index is 1040. The maximum Gasteiger partial charge on any atom is 0.171 e. The molecule has 0 spiro atoms. The van der Waals surface area contributed by atoms with E-state index in [2.05, 4.69) is 42.3 Å². The number of fused-ring (bicyclic) bond motifs is 1. The Morgan fingerprint density at radius 1 is 1.15 bits per heavy atom. The highest BCUT2D eigenvalue weighted by Gasteiger charge is 2.18. The molecule has 0 radical (unpaired) electrons. The Kier molecular flexibility index (Phi) is 4.17. The molecular weight excluding hydrogens is 322 g/mol. The fraction of sp³-hybridized carbons (Fsp3) is 0.182. The van der Waals surface area contributed by atoms with Gasteiger partial charge in [0.15, 0.2) is 5.78 Å². The number of hydrogen-bond acceptors (Lipinski definition) is 3. The van der Waals surface area contributed by atoms with Gasteiger partial charge < -0.3 is 9.72 Å². The van der Waals surface area contributed by atoms with Crippen LogP contribution in [0.2, 0.25) is 0 Å². The first-order valence-electron chi connectivity index (χ1n) is 8.81. The average molecular weight is 343 g/mol. The van der Waals surface area contributed by atoms with Gasteiger partial charge in [0.25, 0.3) is 0 Å². The predicted octanol–water partition coefficient (Wildman–Crippen LogP) is 5.01. The second-order valence-corrected chi connectivity index (χ2v) is 6.77. The minimum atomic E-state index is -0.0755. The smallest absolute Gasteiger partial charge is 0.171 e. The molecule has 0 amide bonds. The normalized spacial score (nSPS) is 16.2. The molecule has 1 unspecified atom stereocenters. The number of nitrogens with one attached hydrogen (secondary N) is 1. The highest BCUT2D eigenvalue weighted by atomic mass is 16.1. The summed E-state index contributed by atoms with van der Waals surface area (Å²) in [6, 6.07) is 10.0. The molecule has 1 atom stereocenters. The second kappa shape index (κ2) is 6.64. The van der Waals surface area contributed by atoms with Crippen LogP contribution in [0.4, 0.5) is 11.5 Å². The molecule has 0 fully saturated rings. The van der Waals surface area contributed by atoms with E-state index in [1.54, 1.807) is 0 Å². The molecule has 0 bridgehead atoms. The van der Waals surface area contributed by atoms with Gasteiger partial charge in [-0.05, 0) is 49.6 Å². The molecule has 4 heteroatoms. The first kappa shape index (κ1) is 16.3. The van der Waals surface area contributed by atoms with E-state index in [1.165, 1.54) is 11.1 Å². The number of aryl methyl sites for hydroxylation is 2. The molecule has 1 aromatic carbocycles. The van der Waals surface area contributed by atoms with Gasteiger partial charge in [0.05, 0.1) is 6.20 Å². The molecule has 2 heterocycles. The molecule has 0 saturated carbocycles. The number of nitrogens with zero attached hydrogens (tertiary/aromatic N) is 2. The summed E-state index contributed by atoms with van der Waals surface area (Å²) in [6.45, 7) is 4.14. The van der Waals surface area contributed by atoms with E-state index in [4.69, 9.17) is 0 Å². The fourth-order valence-electron chi connectivity index (χ4n) is 3.20. The molecule has 0 saturated heterocycles. The van der Waals surface area contributed by atoms with Crippen LogP contribution in [0.1, 0.15) is 27.9 Å². The Morgan fingerprint density at radius 3 is 2.85 bits per heavy atom. The van der Waals surface area contributed by atoms with Gasteiger partial charge in [-0.3, -0.25) is 4.79 Å². The third kappa shape index (κ3) is 3.18. The number of hydrogen-bond donors (Lipinski definition) is 1. The highest BCUT2D eigenvalue weighted by Crippen LogP contribution is 2.23. The largest absolute Gasteiger partial charge is 0.339 e. The second-order valence-electron chi connectivity index (χ2n) is 6.77. The molecule has 1 N–H and O–H groups in total. The van der Waals surface area contributed by atoms with E-state index >= 15 is 0 Å². The molecule has 4 nitrogen and oxygen atoms in total. The van der Waals surface area contributed by atoms with Crippen LogP contribution < -0.4 is 5.32 Å². The van der Waals surface area contributed by atoms with E-state index in [0.717, 1.165) is 23.6 Å². The van der Waals surface area contributed by atoms with Crippen LogP contribution in [0.15, 0.2) is 67.0 Å². The highest BCUT2D eigenvalue weighted by molar-refractivity contribution is 5.99. The van der Waals surface area contributed by atoms with Crippen molar-refractivity contribution in [2.45, 2.75) is 20.3 Å². The molecule has 0 aliphatic heterocycles. The van der Waals surface area contributed by atoms with Gasteiger partial charge in [0.2, 0.25) is 0 Å². The van der Waals surface area contributed by atoms with Crippen molar-refractivity contribution in [3.63, 3.8) is 0 Å². The van der Waals surface area contributed by atoms with E-state index in [1.807, 2.05) is 53.2 Å². The number of rotatable bonds is 4. The first-order chi connectivity index (χ1) is 12.6.